The first kappa shape index (κ1) is 17.0. The first-order chi connectivity index (χ1) is 8.42. The van der Waals surface area contributed by atoms with E-state index in [1.807, 2.05) is 13.8 Å². The second-order valence-corrected chi connectivity index (χ2v) is 4.00. The molecule has 0 heterocycles. The topological polar surface area (TPSA) is 64.4 Å². The summed E-state index contributed by atoms with van der Waals surface area (Å²) in [5.41, 5.74) is 11.5. The predicted molar refractivity (Wildman–Crippen MR) is 68.1 cm³/mol. The number of alkyl halides is 3. The fourth-order valence-corrected chi connectivity index (χ4v) is 1.88. The van der Waals surface area contributed by atoms with Crippen LogP contribution in [0, 0.1) is 5.92 Å². The summed E-state index contributed by atoms with van der Waals surface area (Å²) >= 11 is 0. The fourth-order valence-electron chi connectivity index (χ4n) is 1.88. The zero-order chi connectivity index (χ0) is 14.2. The van der Waals surface area contributed by atoms with Crippen molar-refractivity contribution in [3.05, 3.63) is 11.8 Å². The largest absolute Gasteiger partial charge is 0.503 e. The van der Waals surface area contributed by atoms with Crippen molar-refractivity contribution >= 4 is 6.21 Å². The molecule has 3 nitrogen and oxygen atoms in total. The van der Waals surface area contributed by atoms with Gasteiger partial charge in [-0.25, -0.2) is 0 Å². The monoisotopic (exact) mass is 265 g/mol. The SMILES string of the molecule is CC.N/C=C(\C=N\C(F)(F)F)C1CCC(N)CC1. The van der Waals surface area contributed by atoms with E-state index in [1.165, 1.54) is 6.20 Å². The third-order valence-electron chi connectivity index (χ3n) is 2.80. The third-order valence-corrected chi connectivity index (χ3v) is 2.80. The van der Waals surface area contributed by atoms with Gasteiger partial charge in [-0.15, -0.1) is 13.2 Å². The molecule has 106 valence electrons. The number of hydrogen-bond donors (Lipinski definition) is 2. The molecule has 0 saturated heterocycles. The van der Waals surface area contributed by atoms with Crippen molar-refractivity contribution in [3.63, 3.8) is 0 Å². The first-order valence-corrected chi connectivity index (χ1v) is 6.21. The van der Waals surface area contributed by atoms with E-state index in [9.17, 15) is 13.2 Å². The maximum Gasteiger partial charge on any atom is 0.503 e. The lowest BCUT2D eigenvalue weighted by Crippen LogP contribution is -2.27. The molecule has 0 aromatic heterocycles. The van der Waals surface area contributed by atoms with Crippen LogP contribution in [0.15, 0.2) is 16.8 Å². The third kappa shape index (κ3) is 6.64. The standard InChI is InChI=1S/C10H16F3N3.C2H6/c11-10(12,13)16-6-8(5-14)7-1-3-9(15)4-2-7;1-2/h5-7,9H,1-4,14-15H2;1-2H3/b8-5+,16-6+;. The molecule has 4 N–H and O–H groups in total. The Morgan fingerprint density at radius 3 is 2.06 bits per heavy atom. The molecule has 1 aliphatic rings. The van der Waals surface area contributed by atoms with E-state index in [1.54, 1.807) is 0 Å². The summed E-state index contributed by atoms with van der Waals surface area (Å²) in [6.45, 7) is 4.00. The van der Waals surface area contributed by atoms with Crippen LogP contribution in [0.4, 0.5) is 13.2 Å². The number of halogens is 3. The van der Waals surface area contributed by atoms with Gasteiger partial charge in [0.05, 0.1) is 0 Å². The van der Waals surface area contributed by atoms with Crippen LogP contribution in [0.3, 0.4) is 0 Å². The van der Waals surface area contributed by atoms with E-state index in [-0.39, 0.29) is 12.0 Å². The molecule has 18 heavy (non-hydrogen) atoms. The first-order valence-electron chi connectivity index (χ1n) is 6.21. The van der Waals surface area contributed by atoms with Crippen molar-refractivity contribution in [1.82, 2.24) is 0 Å². The molecule has 0 amide bonds. The normalized spacial score (nSPS) is 25.8. The number of rotatable bonds is 2. The van der Waals surface area contributed by atoms with Gasteiger partial charge in [0.2, 0.25) is 0 Å². The van der Waals surface area contributed by atoms with Crippen molar-refractivity contribution < 1.29 is 13.2 Å². The fraction of sp³-hybridized carbons (Fsp3) is 0.750. The van der Waals surface area contributed by atoms with Crippen LogP contribution in [-0.4, -0.2) is 18.6 Å². The lowest BCUT2D eigenvalue weighted by Gasteiger charge is -2.26. The minimum absolute atomic E-state index is 0.0518. The van der Waals surface area contributed by atoms with Crippen LogP contribution in [0.5, 0.6) is 0 Å². The van der Waals surface area contributed by atoms with E-state index in [0.717, 1.165) is 31.9 Å². The highest BCUT2D eigenvalue weighted by atomic mass is 19.4. The summed E-state index contributed by atoms with van der Waals surface area (Å²) in [6.07, 6.45) is 0.684. The Bertz CT molecular complexity index is 277. The smallest absolute Gasteiger partial charge is 0.404 e. The Morgan fingerprint density at radius 2 is 1.67 bits per heavy atom. The Balaban J connectivity index is 0.00000137. The van der Waals surface area contributed by atoms with Gasteiger partial charge in [0.15, 0.2) is 0 Å². The van der Waals surface area contributed by atoms with Crippen LogP contribution < -0.4 is 11.5 Å². The Kier molecular flexibility index (Phi) is 7.66. The van der Waals surface area contributed by atoms with Gasteiger partial charge in [-0.1, -0.05) is 13.8 Å². The molecule has 0 bridgehead atoms. The molecule has 0 aromatic carbocycles. The molecule has 1 fully saturated rings. The molecule has 0 spiro atoms. The Morgan fingerprint density at radius 1 is 1.17 bits per heavy atom. The Labute approximate surface area is 106 Å². The number of aliphatic imine (C=N–C) groups is 1. The highest BCUT2D eigenvalue weighted by Gasteiger charge is 2.26. The zero-order valence-electron chi connectivity index (χ0n) is 10.9. The van der Waals surface area contributed by atoms with Gasteiger partial charge in [-0.05, 0) is 43.4 Å². The maximum absolute atomic E-state index is 11.9. The molecule has 1 saturated carbocycles. The molecular formula is C12H22F3N3. The van der Waals surface area contributed by atoms with Crippen molar-refractivity contribution in [1.29, 1.82) is 0 Å². The van der Waals surface area contributed by atoms with Gasteiger partial charge in [0, 0.05) is 12.3 Å². The minimum Gasteiger partial charge on any atom is -0.404 e. The minimum atomic E-state index is -4.53. The lowest BCUT2D eigenvalue weighted by molar-refractivity contribution is -0.119. The average Bonchev–Trinajstić information content (AvgIpc) is 2.33. The van der Waals surface area contributed by atoms with Crippen molar-refractivity contribution in [2.45, 2.75) is 51.9 Å². The zero-order valence-corrected chi connectivity index (χ0v) is 10.9. The van der Waals surface area contributed by atoms with Gasteiger partial charge in [-0.3, -0.25) is 0 Å². The van der Waals surface area contributed by atoms with Gasteiger partial charge in [-0.2, -0.15) is 4.99 Å². The molecule has 1 rings (SSSR count). The highest BCUT2D eigenvalue weighted by Crippen LogP contribution is 2.28. The highest BCUT2D eigenvalue weighted by molar-refractivity contribution is 5.79. The second-order valence-electron chi connectivity index (χ2n) is 4.00. The van der Waals surface area contributed by atoms with Crippen molar-refractivity contribution in [2.24, 2.45) is 22.4 Å². The quantitative estimate of drug-likeness (QED) is 0.595. The molecule has 0 aromatic rings. The van der Waals surface area contributed by atoms with Crippen LogP contribution in [0.2, 0.25) is 0 Å². The van der Waals surface area contributed by atoms with Gasteiger partial charge in [0.1, 0.15) is 0 Å². The average molecular weight is 265 g/mol. The van der Waals surface area contributed by atoms with Gasteiger partial charge in [0.25, 0.3) is 0 Å². The summed E-state index contributed by atoms with van der Waals surface area (Å²) in [5.74, 6) is 0.0518. The van der Waals surface area contributed by atoms with Crippen molar-refractivity contribution in [3.8, 4) is 0 Å². The molecule has 0 atom stereocenters. The number of nitrogens with two attached hydrogens (primary N) is 2. The summed E-state index contributed by atoms with van der Waals surface area (Å²) in [5, 5.41) is 0. The summed E-state index contributed by atoms with van der Waals surface area (Å²) < 4.78 is 35.7. The lowest BCUT2D eigenvalue weighted by atomic mass is 9.82. The van der Waals surface area contributed by atoms with Crippen molar-refractivity contribution in [2.75, 3.05) is 0 Å². The van der Waals surface area contributed by atoms with E-state index in [0.29, 0.717) is 5.57 Å². The summed E-state index contributed by atoms with van der Waals surface area (Å²) in [7, 11) is 0. The van der Waals surface area contributed by atoms with E-state index >= 15 is 0 Å². The molecular weight excluding hydrogens is 243 g/mol. The number of allylic oxidation sites excluding steroid dienone is 1. The number of nitrogens with zero attached hydrogens (tertiary/aromatic N) is 1. The molecule has 1 aliphatic carbocycles. The molecule has 0 unspecified atom stereocenters. The van der Waals surface area contributed by atoms with Crippen LogP contribution >= 0.6 is 0 Å². The second kappa shape index (κ2) is 8.13. The molecule has 6 heteroatoms. The maximum atomic E-state index is 11.9. The van der Waals surface area contributed by atoms with Gasteiger partial charge >= 0.3 is 6.30 Å². The van der Waals surface area contributed by atoms with E-state index < -0.39 is 6.30 Å². The number of hydrogen-bond acceptors (Lipinski definition) is 3. The van der Waals surface area contributed by atoms with Gasteiger partial charge < -0.3 is 11.5 Å². The molecule has 0 aliphatic heterocycles. The Hall–Kier alpha value is -1.04. The summed E-state index contributed by atoms with van der Waals surface area (Å²) in [6, 6.07) is 0.162. The van der Waals surface area contributed by atoms with Crippen LogP contribution in [0.1, 0.15) is 39.5 Å². The van der Waals surface area contributed by atoms with E-state index in [4.69, 9.17) is 11.5 Å². The molecule has 0 radical (unpaired) electrons. The van der Waals surface area contributed by atoms with Crippen LogP contribution in [-0.2, 0) is 0 Å². The van der Waals surface area contributed by atoms with E-state index in [2.05, 4.69) is 4.99 Å². The van der Waals surface area contributed by atoms with Crippen LogP contribution in [0.25, 0.3) is 0 Å². The summed E-state index contributed by atoms with van der Waals surface area (Å²) in [4.78, 5) is 2.52. The predicted octanol–water partition coefficient (Wildman–Crippen LogP) is 2.96.